The number of nitrogens with one attached hydrogen (secondary N) is 1. The van der Waals surface area contributed by atoms with Crippen molar-refractivity contribution in [2.24, 2.45) is 0 Å². The largest absolute Gasteiger partial charge is 0.353 e. The van der Waals surface area contributed by atoms with Crippen molar-refractivity contribution in [1.82, 2.24) is 14.6 Å². The van der Waals surface area contributed by atoms with E-state index in [1.807, 2.05) is 13.8 Å². The molecule has 2 rings (SSSR count). The van der Waals surface area contributed by atoms with Crippen molar-refractivity contribution in [2.45, 2.75) is 55.5 Å². The summed E-state index contributed by atoms with van der Waals surface area (Å²) in [5.41, 5.74) is 0. The van der Waals surface area contributed by atoms with E-state index in [2.05, 4.69) is 10.3 Å². The second kappa shape index (κ2) is 8.82. The molecule has 0 spiro atoms. The number of hydrogen-bond acceptors (Lipinski definition) is 5. The molecule has 0 atom stereocenters. The molecule has 1 amide bonds. The molecule has 1 saturated heterocycles. The van der Waals surface area contributed by atoms with E-state index in [4.69, 9.17) is 0 Å². The van der Waals surface area contributed by atoms with Crippen molar-refractivity contribution < 1.29 is 13.2 Å². The lowest BCUT2D eigenvalue weighted by atomic mass is 10.2. The van der Waals surface area contributed by atoms with Crippen LogP contribution in [0.1, 0.15) is 39.5 Å². The minimum atomic E-state index is -3.43. The molecule has 1 N–H and O–H groups in total. The van der Waals surface area contributed by atoms with Crippen molar-refractivity contribution in [2.75, 3.05) is 18.8 Å². The summed E-state index contributed by atoms with van der Waals surface area (Å²) < 4.78 is 26.3. The first-order valence-electron chi connectivity index (χ1n) is 8.35. The number of pyridine rings is 1. The van der Waals surface area contributed by atoms with E-state index in [-0.39, 0.29) is 22.6 Å². The molecule has 6 nitrogen and oxygen atoms in total. The highest BCUT2D eigenvalue weighted by Gasteiger charge is 2.27. The molecule has 0 aliphatic carbocycles. The molecule has 1 aliphatic rings. The number of nitrogens with zero attached hydrogens (tertiary/aromatic N) is 2. The number of aromatic nitrogens is 1. The fourth-order valence-corrected chi connectivity index (χ4v) is 4.70. The van der Waals surface area contributed by atoms with E-state index in [0.29, 0.717) is 18.1 Å². The van der Waals surface area contributed by atoms with Gasteiger partial charge in [-0.25, -0.2) is 13.4 Å². The number of thioether (sulfide) groups is 1. The molecule has 134 valence electrons. The second-order valence-electron chi connectivity index (χ2n) is 5.81. The van der Waals surface area contributed by atoms with Crippen molar-refractivity contribution >= 4 is 27.7 Å². The van der Waals surface area contributed by atoms with Crippen LogP contribution in [0.4, 0.5) is 0 Å². The van der Waals surface area contributed by atoms with Crippen LogP contribution in [-0.2, 0) is 14.8 Å². The number of hydrogen-bond donors (Lipinski definition) is 1. The van der Waals surface area contributed by atoms with Crippen molar-refractivity contribution in [3.05, 3.63) is 18.3 Å². The van der Waals surface area contributed by atoms with Crippen LogP contribution in [0.3, 0.4) is 0 Å². The van der Waals surface area contributed by atoms with Crippen LogP contribution >= 0.6 is 11.8 Å². The molecule has 0 aromatic carbocycles. The van der Waals surface area contributed by atoms with Crippen LogP contribution < -0.4 is 5.32 Å². The Labute approximate surface area is 148 Å². The van der Waals surface area contributed by atoms with Crippen LogP contribution in [0.5, 0.6) is 0 Å². The normalized spacial score (nSPS) is 15.8. The van der Waals surface area contributed by atoms with Crippen LogP contribution in [0.2, 0.25) is 0 Å². The quantitative estimate of drug-likeness (QED) is 0.709. The zero-order valence-corrected chi connectivity index (χ0v) is 15.8. The van der Waals surface area contributed by atoms with Gasteiger partial charge in [0.2, 0.25) is 15.9 Å². The van der Waals surface area contributed by atoms with Gasteiger partial charge in [0.25, 0.3) is 0 Å². The Balaban J connectivity index is 1.91. The fourth-order valence-electron chi connectivity index (χ4n) is 2.58. The van der Waals surface area contributed by atoms with Gasteiger partial charge in [0.1, 0.15) is 4.90 Å². The third-order valence-corrected chi connectivity index (χ3v) is 6.94. The lowest BCUT2D eigenvalue weighted by Crippen LogP contribution is -2.35. The Morgan fingerprint density at radius 1 is 1.29 bits per heavy atom. The van der Waals surface area contributed by atoms with Gasteiger partial charge in [-0.2, -0.15) is 4.31 Å². The first-order valence-corrected chi connectivity index (χ1v) is 10.8. The van der Waals surface area contributed by atoms with Gasteiger partial charge in [0.05, 0.1) is 10.8 Å². The number of amides is 1. The second-order valence-corrected chi connectivity index (χ2v) is 8.75. The third kappa shape index (κ3) is 4.94. The SMILES string of the molecule is CCC(CC)NC(=O)CSc1ccc(S(=O)(=O)N2CCCC2)cn1. The van der Waals surface area contributed by atoms with Gasteiger partial charge in [-0.05, 0) is 37.8 Å². The molecule has 0 unspecified atom stereocenters. The average molecular weight is 372 g/mol. The smallest absolute Gasteiger partial charge is 0.244 e. The van der Waals surface area contributed by atoms with Gasteiger partial charge < -0.3 is 5.32 Å². The molecule has 1 aliphatic heterocycles. The summed E-state index contributed by atoms with van der Waals surface area (Å²) in [6, 6.07) is 3.44. The standard InChI is InChI=1S/C16H25N3O3S2/c1-3-13(4-2)18-15(20)12-23-16-8-7-14(11-17-16)24(21,22)19-9-5-6-10-19/h7-8,11,13H,3-6,9-10,12H2,1-2H3,(H,18,20). The van der Waals surface area contributed by atoms with Gasteiger partial charge in [-0.1, -0.05) is 25.6 Å². The number of carbonyl (C=O) groups excluding carboxylic acids is 1. The Hall–Kier alpha value is -1.12. The molecular weight excluding hydrogens is 346 g/mol. The molecular formula is C16H25N3O3S2. The predicted octanol–water partition coefficient (Wildman–Crippen LogP) is 2.26. The van der Waals surface area contributed by atoms with Gasteiger partial charge in [-0.15, -0.1) is 0 Å². The monoisotopic (exact) mass is 371 g/mol. The van der Waals surface area contributed by atoms with Gasteiger partial charge in [0, 0.05) is 25.3 Å². The Kier molecular flexibility index (Phi) is 7.06. The molecule has 1 fully saturated rings. The minimum Gasteiger partial charge on any atom is -0.353 e. The third-order valence-electron chi connectivity index (χ3n) is 4.11. The molecule has 0 radical (unpaired) electrons. The van der Waals surface area contributed by atoms with Gasteiger partial charge >= 0.3 is 0 Å². The van der Waals surface area contributed by atoms with Gasteiger partial charge in [-0.3, -0.25) is 4.79 Å². The molecule has 0 bridgehead atoms. The van der Waals surface area contributed by atoms with Crippen molar-refractivity contribution in [1.29, 1.82) is 0 Å². The minimum absolute atomic E-state index is 0.0238. The van der Waals surface area contributed by atoms with Crippen LogP contribution in [-0.4, -0.2) is 48.5 Å². The molecule has 1 aromatic rings. The Bertz CT molecular complexity index is 637. The summed E-state index contributed by atoms with van der Waals surface area (Å²) in [6.07, 6.45) is 5.02. The van der Waals surface area contributed by atoms with Gasteiger partial charge in [0.15, 0.2) is 0 Å². The van der Waals surface area contributed by atoms with Crippen molar-refractivity contribution in [3.63, 3.8) is 0 Å². The average Bonchev–Trinajstić information content (AvgIpc) is 3.13. The number of sulfonamides is 1. The highest BCUT2D eigenvalue weighted by molar-refractivity contribution is 7.99. The maximum absolute atomic E-state index is 12.4. The number of carbonyl (C=O) groups is 1. The molecule has 8 heteroatoms. The van der Waals surface area contributed by atoms with E-state index in [1.54, 1.807) is 12.1 Å². The van der Waals surface area contributed by atoms with E-state index in [9.17, 15) is 13.2 Å². The zero-order chi connectivity index (χ0) is 17.6. The van der Waals surface area contributed by atoms with Crippen LogP contribution in [0.15, 0.2) is 28.3 Å². The summed E-state index contributed by atoms with van der Waals surface area (Å²) in [5.74, 6) is 0.256. The molecule has 0 saturated carbocycles. The predicted molar refractivity (Wildman–Crippen MR) is 95.5 cm³/mol. The molecule has 2 heterocycles. The highest BCUT2D eigenvalue weighted by Crippen LogP contribution is 2.22. The Morgan fingerprint density at radius 3 is 2.50 bits per heavy atom. The van der Waals surface area contributed by atoms with Crippen LogP contribution in [0, 0.1) is 0 Å². The Morgan fingerprint density at radius 2 is 1.96 bits per heavy atom. The van der Waals surface area contributed by atoms with Crippen LogP contribution in [0.25, 0.3) is 0 Å². The maximum Gasteiger partial charge on any atom is 0.244 e. The summed E-state index contributed by atoms with van der Waals surface area (Å²) in [7, 11) is -3.43. The lowest BCUT2D eigenvalue weighted by Gasteiger charge is -2.15. The maximum atomic E-state index is 12.4. The topological polar surface area (TPSA) is 79.4 Å². The van der Waals surface area contributed by atoms with E-state index in [1.165, 1.54) is 22.3 Å². The molecule has 24 heavy (non-hydrogen) atoms. The summed E-state index contributed by atoms with van der Waals surface area (Å²) in [4.78, 5) is 16.3. The fraction of sp³-hybridized carbons (Fsp3) is 0.625. The lowest BCUT2D eigenvalue weighted by molar-refractivity contribution is -0.119. The van der Waals surface area contributed by atoms with E-state index < -0.39 is 10.0 Å². The summed E-state index contributed by atoms with van der Waals surface area (Å²) in [6.45, 7) is 5.25. The summed E-state index contributed by atoms with van der Waals surface area (Å²) >= 11 is 1.31. The number of rotatable bonds is 8. The molecule has 1 aromatic heterocycles. The van der Waals surface area contributed by atoms with Crippen molar-refractivity contribution in [3.8, 4) is 0 Å². The zero-order valence-electron chi connectivity index (χ0n) is 14.2. The summed E-state index contributed by atoms with van der Waals surface area (Å²) in [5, 5.41) is 3.62. The van der Waals surface area contributed by atoms with E-state index in [0.717, 1.165) is 25.7 Å². The highest BCUT2D eigenvalue weighted by atomic mass is 32.2. The first kappa shape index (κ1) is 19.2. The first-order chi connectivity index (χ1) is 11.5. The van der Waals surface area contributed by atoms with E-state index >= 15 is 0 Å².